The quantitative estimate of drug-likeness (QED) is 0.603. The lowest BCUT2D eigenvalue weighted by molar-refractivity contribution is -0.384. The van der Waals surface area contributed by atoms with Gasteiger partial charge in [-0.05, 0) is 18.9 Å². The Hall–Kier alpha value is -2.12. The van der Waals surface area contributed by atoms with Gasteiger partial charge in [-0.3, -0.25) is 10.1 Å². The highest BCUT2D eigenvalue weighted by molar-refractivity contribution is 6.30. The largest absolute Gasteiger partial charge is 0.472 e. The standard InChI is InChI=1S/C15H14Cl2N4O3/c16-10-3-4-14(18-7-10)24-12-2-1-5-20(9-12)15-13(21(22)23)6-11(17)8-19-15/h3-4,6-8,12H,1-2,5,9H2. The summed E-state index contributed by atoms with van der Waals surface area (Å²) in [5.41, 5.74) is -0.104. The number of pyridine rings is 2. The molecular formula is C15H14Cl2N4O3. The zero-order chi connectivity index (χ0) is 17.1. The van der Waals surface area contributed by atoms with Crippen LogP contribution in [0, 0.1) is 10.1 Å². The minimum absolute atomic E-state index is 0.104. The second-order valence-corrected chi connectivity index (χ2v) is 6.27. The van der Waals surface area contributed by atoms with E-state index in [1.807, 2.05) is 4.90 Å². The first-order chi connectivity index (χ1) is 11.5. The normalized spacial score (nSPS) is 17.6. The molecular weight excluding hydrogens is 355 g/mol. The van der Waals surface area contributed by atoms with Crippen molar-refractivity contribution in [1.29, 1.82) is 0 Å². The van der Waals surface area contributed by atoms with Crippen LogP contribution in [0.5, 0.6) is 5.88 Å². The molecule has 1 unspecified atom stereocenters. The van der Waals surface area contributed by atoms with E-state index in [1.54, 1.807) is 12.1 Å². The average molecular weight is 369 g/mol. The molecule has 126 valence electrons. The second kappa shape index (κ2) is 7.19. The fraction of sp³-hybridized carbons (Fsp3) is 0.333. The number of ether oxygens (including phenoxy) is 1. The van der Waals surface area contributed by atoms with Gasteiger partial charge < -0.3 is 9.64 Å². The summed E-state index contributed by atoms with van der Waals surface area (Å²) in [7, 11) is 0. The minimum Gasteiger partial charge on any atom is -0.472 e. The smallest absolute Gasteiger partial charge is 0.313 e. The van der Waals surface area contributed by atoms with E-state index in [-0.39, 0.29) is 16.8 Å². The highest BCUT2D eigenvalue weighted by Crippen LogP contribution is 2.31. The number of anilines is 1. The van der Waals surface area contributed by atoms with Gasteiger partial charge in [0.05, 0.1) is 21.5 Å². The third kappa shape index (κ3) is 3.85. The predicted molar refractivity (Wildman–Crippen MR) is 91.0 cm³/mol. The summed E-state index contributed by atoms with van der Waals surface area (Å²) in [5, 5.41) is 12.0. The van der Waals surface area contributed by atoms with Crippen LogP contribution in [0.3, 0.4) is 0 Å². The van der Waals surface area contributed by atoms with Crippen LogP contribution >= 0.6 is 23.2 Å². The van der Waals surface area contributed by atoms with Crippen LogP contribution in [0.25, 0.3) is 0 Å². The highest BCUT2D eigenvalue weighted by Gasteiger charge is 2.28. The summed E-state index contributed by atoms with van der Waals surface area (Å²) in [6.45, 7) is 1.16. The van der Waals surface area contributed by atoms with Gasteiger partial charge in [0, 0.05) is 31.1 Å². The van der Waals surface area contributed by atoms with Crippen LogP contribution in [-0.2, 0) is 0 Å². The molecule has 1 atom stereocenters. The summed E-state index contributed by atoms with van der Waals surface area (Å²) in [6.07, 6.45) is 4.46. The average Bonchev–Trinajstić information content (AvgIpc) is 2.57. The summed E-state index contributed by atoms with van der Waals surface area (Å²) in [6, 6.07) is 4.72. The van der Waals surface area contributed by atoms with Crippen LogP contribution in [0.1, 0.15) is 12.8 Å². The molecule has 2 aromatic rings. The van der Waals surface area contributed by atoms with E-state index in [9.17, 15) is 10.1 Å². The zero-order valence-electron chi connectivity index (χ0n) is 12.6. The number of piperidine rings is 1. The van der Waals surface area contributed by atoms with Crippen molar-refractivity contribution in [1.82, 2.24) is 9.97 Å². The van der Waals surface area contributed by atoms with E-state index in [1.165, 1.54) is 18.5 Å². The van der Waals surface area contributed by atoms with Crippen molar-refractivity contribution in [2.75, 3.05) is 18.0 Å². The van der Waals surface area contributed by atoms with Gasteiger partial charge in [0.15, 0.2) is 0 Å². The van der Waals surface area contributed by atoms with E-state index < -0.39 is 4.92 Å². The van der Waals surface area contributed by atoms with E-state index in [4.69, 9.17) is 27.9 Å². The van der Waals surface area contributed by atoms with Gasteiger partial charge in [-0.2, -0.15) is 0 Å². The molecule has 3 heterocycles. The number of aromatic nitrogens is 2. The Labute approximate surface area is 148 Å². The van der Waals surface area contributed by atoms with Gasteiger partial charge in [-0.25, -0.2) is 9.97 Å². The lowest BCUT2D eigenvalue weighted by Crippen LogP contribution is -2.42. The second-order valence-electron chi connectivity index (χ2n) is 5.40. The van der Waals surface area contributed by atoms with Crippen LogP contribution < -0.4 is 9.64 Å². The maximum absolute atomic E-state index is 11.2. The molecule has 0 bridgehead atoms. The van der Waals surface area contributed by atoms with Crippen LogP contribution in [0.2, 0.25) is 10.0 Å². The van der Waals surface area contributed by atoms with Gasteiger partial charge >= 0.3 is 5.69 Å². The molecule has 3 rings (SSSR count). The molecule has 2 aromatic heterocycles. The molecule has 24 heavy (non-hydrogen) atoms. The third-order valence-corrected chi connectivity index (χ3v) is 4.11. The number of hydrogen-bond donors (Lipinski definition) is 0. The van der Waals surface area contributed by atoms with Crippen molar-refractivity contribution in [2.24, 2.45) is 0 Å². The molecule has 7 nitrogen and oxygen atoms in total. The first-order valence-electron chi connectivity index (χ1n) is 7.36. The topological polar surface area (TPSA) is 81.4 Å². The molecule has 0 spiro atoms. The Morgan fingerprint density at radius 3 is 2.75 bits per heavy atom. The van der Waals surface area contributed by atoms with E-state index in [2.05, 4.69) is 9.97 Å². The van der Waals surface area contributed by atoms with Gasteiger partial charge in [-0.15, -0.1) is 0 Å². The molecule has 1 fully saturated rings. The van der Waals surface area contributed by atoms with Crippen molar-refractivity contribution in [3.05, 3.63) is 50.8 Å². The molecule has 1 aliphatic heterocycles. The first-order valence-corrected chi connectivity index (χ1v) is 8.11. The van der Waals surface area contributed by atoms with Crippen molar-refractivity contribution in [2.45, 2.75) is 18.9 Å². The van der Waals surface area contributed by atoms with Crippen LogP contribution in [-0.4, -0.2) is 34.1 Å². The van der Waals surface area contributed by atoms with Crippen molar-refractivity contribution in [3.8, 4) is 5.88 Å². The molecule has 0 N–H and O–H groups in total. The predicted octanol–water partition coefficient (Wildman–Crippen LogP) is 3.74. The SMILES string of the molecule is O=[N+]([O-])c1cc(Cl)cnc1N1CCCC(Oc2ccc(Cl)cn2)C1. The Balaban J connectivity index is 1.76. The monoisotopic (exact) mass is 368 g/mol. The fourth-order valence-corrected chi connectivity index (χ4v) is 2.89. The van der Waals surface area contributed by atoms with Crippen LogP contribution in [0.15, 0.2) is 30.6 Å². The van der Waals surface area contributed by atoms with E-state index in [0.29, 0.717) is 29.8 Å². The molecule has 0 aliphatic carbocycles. The van der Waals surface area contributed by atoms with Gasteiger partial charge in [0.25, 0.3) is 0 Å². The summed E-state index contributed by atoms with van der Waals surface area (Å²) < 4.78 is 5.85. The molecule has 1 aliphatic rings. The van der Waals surface area contributed by atoms with Gasteiger partial charge in [0.2, 0.25) is 11.7 Å². The Kier molecular flexibility index (Phi) is 5.01. The van der Waals surface area contributed by atoms with Gasteiger partial charge in [-0.1, -0.05) is 23.2 Å². The number of halogens is 2. The van der Waals surface area contributed by atoms with Crippen LogP contribution in [0.4, 0.5) is 11.5 Å². The lowest BCUT2D eigenvalue weighted by atomic mass is 10.1. The van der Waals surface area contributed by atoms with Crippen molar-refractivity contribution >= 4 is 34.7 Å². The maximum atomic E-state index is 11.2. The molecule has 0 saturated carbocycles. The fourth-order valence-electron chi connectivity index (χ4n) is 2.63. The minimum atomic E-state index is -0.473. The van der Waals surface area contributed by atoms with Gasteiger partial charge in [0.1, 0.15) is 6.10 Å². The van der Waals surface area contributed by atoms with E-state index >= 15 is 0 Å². The van der Waals surface area contributed by atoms with Crippen molar-refractivity contribution in [3.63, 3.8) is 0 Å². The number of rotatable bonds is 4. The summed E-state index contributed by atoms with van der Waals surface area (Å²) >= 11 is 11.6. The molecule has 9 heteroatoms. The highest BCUT2D eigenvalue weighted by atomic mass is 35.5. The Morgan fingerprint density at radius 1 is 1.25 bits per heavy atom. The molecule has 0 radical (unpaired) electrons. The maximum Gasteiger partial charge on any atom is 0.313 e. The Morgan fingerprint density at radius 2 is 2.04 bits per heavy atom. The number of hydrogen-bond acceptors (Lipinski definition) is 6. The molecule has 0 amide bonds. The summed E-state index contributed by atoms with van der Waals surface area (Å²) in [4.78, 5) is 20.9. The number of nitro groups is 1. The zero-order valence-corrected chi connectivity index (χ0v) is 14.1. The Bertz CT molecular complexity index is 742. The molecule has 0 aromatic carbocycles. The molecule has 1 saturated heterocycles. The lowest BCUT2D eigenvalue weighted by Gasteiger charge is -2.33. The third-order valence-electron chi connectivity index (χ3n) is 3.68. The first kappa shape index (κ1) is 16.7. The van der Waals surface area contributed by atoms with E-state index in [0.717, 1.165) is 12.8 Å². The number of nitrogens with zero attached hydrogens (tertiary/aromatic N) is 4. The van der Waals surface area contributed by atoms with Crippen molar-refractivity contribution < 1.29 is 9.66 Å². The summed E-state index contributed by atoms with van der Waals surface area (Å²) in [5.74, 6) is 0.784.